The van der Waals surface area contributed by atoms with Crippen molar-refractivity contribution < 1.29 is 4.79 Å². The number of fused-ring (bicyclic) bond motifs is 3. The molecule has 0 spiro atoms. The summed E-state index contributed by atoms with van der Waals surface area (Å²) in [6.07, 6.45) is 7.15. The number of nitrogens with zero attached hydrogens (tertiary/aromatic N) is 3. The minimum absolute atomic E-state index is 0.0560. The summed E-state index contributed by atoms with van der Waals surface area (Å²) < 4.78 is 0. The number of Topliss-reactive ketones (excluding diaryl/α,β-unsaturated/α-hetero) is 1. The van der Waals surface area contributed by atoms with Gasteiger partial charge in [0.05, 0.1) is 22.4 Å². The normalized spacial score (nSPS) is 25.5. The van der Waals surface area contributed by atoms with Crippen LogP contribution in [0.4, 0.5) is 0 Å². The van der Waals surface area contributed by atoms with Gasteiger partial charge in [-0.05, 0) is 42.5 Å². The molecule has 0 saturated carbocycles. The van der Waals surface area contributed by atoms with Crippen LogP contribution in [0.25, 0.3) is 11.3 Å². The number of nitriles is 1. The van der Waals surface area contributed by atoms with Crippen LogP contribution in [-0.4, -0.2) is 21.0 Å². The summed E-state index contributed by atoms with van der Waals surface area (Å²) in [5.41, 5.74) is 4.76. The predicted octanol–water partition coefficient (Wildman–Crippen LogP) is 3.99. The maximum atomic E-state index is 12.8. The average molecular weight is 380 g/mol. The Morgan fingerprint density at radius 2 is 2.03 bits per heavy atom. The molecule has 5 heteroatoms. The maximum absolute atomic E-state index is 12.8. The number of carbonyl (C=O) groups is 1. The lowest BCUT2D eigenvalue weighted by atomic mass is 9.54. The van der Waals surface area contributed by atoms with Gasteiger partial charge in [0, 0.05) is 29.4 Å². The summed E-state index contributed by atoms with van der Waals surface area (Å²) in [6, 6.07) is 16.2. The zero-order chi connectivity index (χ0) is 20.0. The number of hydrogen-bond acceptors (Lipinski definition) is 4. The monoisotopic (exact) mass is 380 g/mol. The third kappa shape index (κ3) is 2.42. The molecule has 29 heavy (non-hydrogen) atoms. The van der Waals surface area contributed by atoms with Crippen molar-refractivity contribution in [3.63, 3.8) is 0 Å². The number of pyridine rings is 1. The number of allylic oxidation sites excluding steroid dienone is 2. The van der Waals surface area contributed by atoms with Gasteiger partial charge in [-0.2, -0.15) is 10.4 Å². The molecule has 3 aromatic rings. The van der Waals surface area contributed by atoms with Gasteiger partial charge >= 0.3 is 0 Å². The van der Waals surface area contributed by atoms with E-state index in [1.807, 2.05) is 49.5 Å². The minimum Gasteiger partial charge on any atom is -0.293 e. The highest BCUT2D eigenvalue weighted by Gasteiger charge is 2.53. The fourth-order valence-corrected chi connectivity index (χ4v) is 5.20. The van der Waals surface area contributed by atoms with Crippen molar-refractivity contribution in [1.82, 2.24) is 15.2 Å². The molecule has 142 valence electrons. The number of aromatic nitrogens is 3. The highest BCUT2D eigenvalue weighted by Crippen LogP contribution is 2.54. The van der Waals surface area contributed by atoms with Crippen LogP contribution in [0.3, 0.4) is 0 Å². The Morgan fingerprint density at radius 1 is 1.21 bits per heavy atom. The summed E-state index contributed by atoms with van der Waals surface area (Å²) in [7, 11) is 0. The van der Waals surface area contributed by atoms with E-state index in [9.17, 15) is 10.1 Å². The van der Waals surface area contributed by atoms with Gasteiger partial charge in [0.25, 0.3) is 0 Å². The van der Waals surface area contributed by atoms with Crippen molar-refractivity contribution in [1.29, 1.82) is 5.26 Å². The fraction of sp³-hybridized carbons (Fsp3) is 0.250. The van der Waals surface area contributed by atoms with E-state index < -0.39 is 5.41 Å². The van der Waals surface area contributed by atoms with Crippen molar-refractivity contribution in [2.75, 3.05) is 0 Å². The zero-order valence-electron chi connectivity index (χ0n) is 16.1. The third-order valence-electron chi connectivity index (χ3n) is 6.53. The molecule has 0 fully saturated rings. The Labute approximate surface area is 169 Å². The predicted molar refractivity (Wildman–Crippen MR) is 109 cm³/mol. The van der Waals surface area contributed by atoms with Gasteiger partial charge in [0.2, 0.25) is 0 Å². The molecule has 0 amide bonds. The van der Waals surface area contributed by atoms with E-state index in [2.05, 4.69) is 33.4 Å². The van der Waals surface area contributed by atoms with Gasteiger partial charge < -0.3 is 0 Å². The first kappa shape index (κ1) is 17.6. The number of H-pyrrole nitrogens is 1. The lowest BCUT2D eigenvalue weighted by molar-refractivity contribution is -0.121. The third-order valence-corrected chi connectivity index (χ3v) is 6.53. The molecule has 2 aliphatic rings. The standard InChI is InChI=1S/C24H20N4O/c1-15-20-10-9-19-21(16-6-5-11-26-14-16)27-28-23(19)24(20,12-17(13-25)22(15)29)18-7-3-2-4-8-18/h2-8,11-12,14-15,20H,9-10H2,1H3,(H,27,28)/t15?,20?,24-/m1/s1. The van der Waals surface area contributed by atoms with Gasteiger partial charge in [-0.3, -0.25) is 14.9 Å². The van der Waals surface area contributed by atoms with Crippen molar-refractivity contribution in [2.45, 2.75) is 25.2 Å². The molecule has 1 N–H and O–H groups in total. The molecular formula is C24H20N4O. The van der Waals surface area contributed by atoms with E-state index >= 15 is 0 Å². The van der Waals surface area contributed by atoms with E-state index in [0.29, 0.717) is 0 Å². The van der Waals surface area contributed by atoms with Crippen molar-refractivity contribution in [3.8, 4) is 17.3 Å². The lowest BCUT2D eigenvalue weighted by Crippen LogP contribution is -2.48. The van der Waals surface area contributed by atoms with Gasteiger partial charge in [-0.1, -0.05) is 37.3 Å². The molecule has 5 rings (SSSR count). The Morgan fingerprint density at radius 3 is 2.76 bits per heavy atom. The zero-order valence-corrected chi connectivity index (χ0v) is 16.1. The van der Waals surface area contributed by atoms with E-state index in [4.69, 9.17) is 0 Å². The van der Waals surface area contributed by atoms with Crippen LogP contribution in [0.5, 0.6) is 0 Å². The maximum Gasteiger partial charge on any atom is 0.176 e. The smallest absolute Gasteiger partial charge is 0.176 e. The molecular weight excluding hydrogens is 360 g/mol. The van der Waals surface area contributed by atoms with E-state index in [0.717, 1.165) is 40.9 Å². The first-order chi connectivity index (χ1) is 14.2. The topological polar surface area (TPSA) is 82.4 Å². The highest BCUT2D eigenvalue weighted by atomic mass is 16.1. The molecule has 0 bridgehead atoms. The summed E-state index contributed by atoms with van der Waals surface area (Å²) in [5, 5.41) is 17.7. The van der Waals surface area contributed by atoms with E-state index in [1.54, 1.807) is 6.20 Å². The second kappa shape index (κ2) is 6.52. The molecule has 0 aliphatic heterocycles. The molecule has 5 nitrogen and oxygen atoms in total. The van der Waals surface area contributed by atoms with Crippen LogP contribution in [0.1, 0.15) is 30.2 Å². The molecule has 1 aromatic carbocycles. The first-order valence-electron chi connectivity index (χ1n) is 9.87. The number of carbonyl (C=O) groups excluding carboxylic acids is 1. The van der Waals surface area contributed by atoms with Gasteiger partial charge in [-0.15, -0.1) is 0 Å². The molecule has 0 saturated heterocycles. The minimum atomic E-state index is -0.569. The first-order valence-corrected chi connectivity index (χ1v) is 9.87. The number of ketones is 1. The summed E-state index contributed by atoms with van der Waals surface area (Å²) in [4.78, 5) is 17.0. The Balaban J connectivity index is 1.82. The number of rotatable bonds is 2. The molecule has 3 atom stereocenters. The number of nitrogens with one attached hydrogen (secondary N) is 1. The van der Waals surface area contributed by atoms with Crippen LogP contribution in [0, 0.1) is 23.2 Å². The molecule has 2 heterocycles. The molecule has 0 radical (unpaired) electrons. The van der Waals surface area contributed by atoms with Crippen LogP contribution in [0.2, 0.25) is 0 Å². The Kier molecular flexibility index (Phi) is 3.95. The van der Waals surface area contributed by atoms with Crippen molar-refractivity contribution in [3.05, 3.63) is 83.3 Å². The van der Waals surface area contributed by atoms with E-state index in [-0.39, 0.29) is 23.2 Å². The van der Waals surface area contributed by atoms with Crippen LogP contribution >= 0.6 is 0 Å². The van der Waals surface area contributed by atoms with Gasteiger partial charge in [-0.25, -0.2) is 0 Å². The second-order valence-corrected chi connectivity index (χ2v) is 7.87. The van der Waals surface area contributed by atoms with Crippen molar-refractivity contribution >= 4 is 5.78 Å². The highest BCUT2D eigenvalue weighted by molar-refractivity contribution is 6.02. The summed E-state index contributed by atoms with van der Waals surface area (Å²) in [5.74, 6) is -0.211. The molecule has 2 unspecified atom stereocenters. The summed E-state index contributed by atoms with van der Waals surface area (Å²) in [6.45, 7) is 1.96. The van der Waals surface area contributed by atoms with E-state index in [1.165, 1.54) is 0 Å². The lowest BCUT2D eigenvalue weighted by Gasteiger charge is -2.47. The average Bonchev–Trinajstić information content (AvgIpc) is 3.22. The quantitative estimate of drug-likeness (QED) is 0.729. The number of benzene rings is 1. The molecule has 2 aliphatic carbocycles. The second-order valence-electron chi connectivity index (χ2n) is 7.87. The van der Waals surface area contributed by atoms with Crippen LogP contribution in [-0.2, 0) is 16.6 Å². The number of hydrogen-bond donors (Lipinski definition) is 1. The largest absolute Gasteiger partial charge is 0.293 e. The fourth-order valence-electron chi connectivity index (χ4n) is 5.20. The Hall–Kier alpha value is -3.52. The van der Waals surface area contributed by atoms with Crippen molar-refractivity contribution in [2.24, 2.45) is 11.8 Å². The summed E-state index contributed by atoms with van der Waals surface area (Å²) >= 11 is 0. The van der Waals surface area contributed by atoms with Crippen LogP contribution in [0.15, 0.2) is 66.5 Å². The SMILES string of the molecule is CC1C(=O)C(C#N)=C[C@]2(c3ccccc3)c3[nH]nc(-c4cccnc4)c3CCC12. The van der Waals surface area contributed by atoms with Gasteiger partial charge in [0.15, 0.2) is 5.78 Å². The molecule has 2 aromatic heterocycles. The van der Waals surface area contributed by atoms with Crippen LogP contribution < -0.4 is 0 Å². The number of aromatic amines is 1. The Bertz CT molecular complexity index is 1160. The van der Waals surface area contributed by atoms with Gasteiger partial charge in [0.1, 0.15) is 6.07 Å².